The predicted molar refractivity (Wildman–Crippen MR) is 294 cm³/mol. The normalized spacial score (nSPS) is 11.2. The highest BCUT2D eigenvalue weighted by molar-refractivity contribution is 6.22. The first-order valence-corrected chi connectivity index (χ1v) is 23.7. The first-order valence-electron chi connectivity index (χ1n) is 23.7. The summed E-state index contributed by atoms with van der Waals surface area (Å²) < 4.78 is 0. The second-order valence-corrected chi connectivity index (χ2v) is 17.6. The van der Waals surface area contributed by atoms with Crippen molar-refractivity contribution in [2.24, 2.45) is 0 Å². The zero-order valence-corrected chi connectivity index (χ0v) is 38.1. The van der Waals surface area contributed by atoms with Crippen LogP contribution in [0.15, 0.2) is 285 Å². The van der Waals surface area contributed by atoms with Gasteiger partial charge in [-0.1, -0.05) is 237 Å². The number of anilines is 3. The van der Waals surface area contributed by atoms with Crippen LogP contribution in [-0.4, -0.2) is 0 Å². The van der Waals surface area contributed by atoms with Gasteiger partial charge in [-0.15, -0.1) is 0 Å². The van der Waals surface area contributed by atoms with Gasteiger partial charge in [0.1, 0.15) is 0 Å². The first kappa shape index (κ1) is 41.4. The summed E-state index contributed by atoms with van der Waals surface area (Å²) in [4.78, 5) is 2.39. The molecule has 0 aliphatic rings. The molecule has 12 aromatic carbocycles. The van der Waals surface area contributed by atoms with Gasteiger partial charge in [-0.3, -0.25) is 0 Å². The van der Waals surface area contributed by atoms with Crippen molar-refractivity contribution in [1.82, 2.24) is 0 Å². The Hall–Kier alpha value is -9.04. The molecule has 0 atom stereocenters. The van der Waals surface area contributed by atoms with Crippen LogP contribution in [0.5, 0.6) is 0 Å². The standard InChI is InChI=1S/C68H47N/c1-6-20-48(21-7-1)54-30-18-32-59(44-54)69(58-40-36-49(37-41-58)56-38-42-61(50-22-8-2-9-23-50)65(46-56)51-24-10-3-11-25-51)60-33-19-31-55(45-60)57-39-43-63-62-34-16-17-35-64(62)67(52-26-12-4-13-27-52)68(66(63)47-57)53-28-14-5-15-29-53/h1-47H. The van der Waals surface area contributed by atoms with E-state index in [1.54, 1.807) is 0 Å². The Morgan fingerprint density at radius 3 is 1.13 bits per heavy atom. The van der Waals surface area contributed by atoms with Gasteiger partial charge in [0.2, 0.25) is 0 Å². The highest BCUT2D eigenvalue weighted by Crippen LogP contribution is 2.46. The van der Waals surface area contributed by atoms with E-state index in [0.717, 1.165) is 33.8 Å². The fourth-order valence-electron chi connectivity index (χ4n) is 10.2. The van der Waals surface area contributed by atoms with Crippen molar-refractivity contribution in [2.75, 3.05) is 4.90 Å². The molecule has 69 heavy (non-hydrogen) atoms. The van der Waals surface area contributed by atoms with Gasteiger partial charge in [0, 0.05) is 17.1 Å². The highest BCUT2D eigenvalue weighted by Gasteiger charge is 2.20. The van der Waals surface area contributed by atoms with Crippen molar-refractivity contribution >= 4 is 38.6 Å². The average molecular weight is 878 g/mol. The average Bonchev–Trinajstić information content (AvgIpc) is 3.44. The molecule has 1 nitrogen and oxygen atoms in total. The number of hydrogen-bond acceptors (Lipinski definition) is 1. The van der Waals surface area contributed by atoms with E-state index in [9.17, 15) is 0 Å². The summed E-state index contributed by atoms with van der Waals surface area (Å²) in [6, 6.07) is 104. The van der Waals surface area contributed by atoms with Gasteiger partial charge in [-0.2, -0.15) is 0 Å². The number of fused-ring (bicyclic) bond motifs is 3. The maximum absolute atomic E-state index is 2.41. The van der Waals surface area contributed by atoms with E-state index in [1.165, 1.54) is 82.7 Å². The maximum atomic E-state index is 2.41. The molecule has 324 valence electrons. The van der Waals surface area contributed by atoms with Crippen LogP contribution in [0.1, 0.15) is 0 Å². The lowest BCUT2D eigenvalue weighted by molar-refractivity contribution is 1.28. The Kier molecular flexibility index (Phi) is 11.0. The molecule has 0 amide bonds. The lowest BCUT2D eigenvalue weighted by atomic mass is 9.84. The molecule has 0 saturated carbocycles. The van der Waals surface area contributed by atoms with Gasteiger partial charge in [-0.25, -0.2) is 0 Å². The van der Waals surface area contributed by atoms with E-state index in [4.69, 9.17) is 0 Å². The minimum Gasteiger partial charge on any atom is -0.310 e. The molecule has 0 aliphatic carbocycles. The molecule has 0 radical (unpaired) electrons. The van der Waals surface area contributed by atoms with Crippen LogP contribution >= 0.6 is 0 Å². The number of benzene rings is 12. The van der Waals surface area contributed by atoms with Crippen molar-refractivity contribution in [3.8, 4) is 77.9 Å². The van der Waals surface area contributed by atoms with Crippen LogP contribution in [0.25, 0.3) is 99.4 Å². The Balaban J connectivity index is 0.995. The summed E-state index contributed by atoms with van der Waals surface area (Å²) >= 11 is 0. The summed E-state index contributed by atoms with van der Waals surface area (Å²) in [6.45, 7) is 0. The van der Waals surface area contributed by atoms with Gasteiger partial charge >= 0.3 is 0 Å². The Bertz CT molecular complexity index is 3730. The summed E-state index contributed by atoms with van der Waals surface area (Å²) in [7, 11) is 0. The van der Waals surface area contributed by atoms with Crippen LogP contribution < -0.4 is 4.90 Å². The second kappa shape index (κ2) is 18.3. The third-order valence-electron chi connectivity index (χ3n) is 13.4. The lowest BCUT2D eigenvalue weighted by Gasteiger charge is -2.27. The minimum absolute atomic E-state index is 1.08. The van der Waals surface area contributed by atoms with Gasteiger partial charge in [0.25, 0.3) is 0 Å². The molecule has 12 rings (SSSR count). The topological polar surface area (TPSA) is 3.24 Å². The number of rotatable bonds is 10. The molecule has 0 spiro atoms. The largest absolute Gasteiger partial charge is 0.310 e. The second-order valence-electron chi connectivity index (χ2n) is 17.6. The summed E-state index contributed by atoms with van der Waals surface area (Å²) in [5.41, 5.74) is 20.0. The van der Waals surface area contributed by atoms with Crippen molar-refractivity contribution in [1.29, 1.82) is 0 Å². The van der Waals surface area contributed by atoms with Crippen LogP contribution in [0.2, 0.25) is 0 Å². The van der Waals surface area contributed by atoms with Crippen molar-refractivity contribution in [2.45, 2.75) is 0 Å². The van der Waals surface area contributed by atoms with Crippen molar-refractivity contribution < 1.29 is 0 Å². The molecule has 1 heteroatoms. The molecule has 0 N–H and O–H groups in total. The molecule has 12 aromatic rings. The SMILES string of the molecule is c1ccc(-c2cccc(N(c3ccc(-c4ccc(-c5ccccc5)c(-c5ccccc5)c4)cc3)c3cccc(-c4ccc5c(c4)c(-c4ccccc4)c(-c4ccccc4)c4ccccc45)c3)c2)cc1. The summed E-state index contributed by atoms with van der Waals surface area (Å²) in [6.07, 6.45) is 0. The monoisotopic (exact) mass is 877 g/mol. The zero-order chi connectivity index (χ0) is 45.9. The smallest absolute Gasteiger partial charge is 0.0467 e. The highest BCUT2D eigenvalue weighted by atomic mass is 15.1. The minimum atomic E-state index is 1.08. The van der Waals surface area contributed by atoms with Gasteiger partial charge in [-0.05, 0) is 148 Å². The van der Waals surface area contributed by atoms with Crippen LogP contribution in [-0.2, 0) is 0 Å². The van der Waals surface area contributed by atoms with E-state index in [1.807, 2.05) is 0 Å². The van der Waals surface area contributed by atoms with Crippen molar-refractivity contribution in [3.05, 3.63) is 285 Å². The number of nitrogens with zero attached hydrogens (tertiary/aromatic N) is 1. The Morgan fingerprint density at radius 1 is 0.174 bits per heavy atom. The molecule has 0 fully saturated rings. The van der Waals surface area contributed by atoms with Gasteiger partial charge in [0.15, 0.2) is 0 Å². The van der Waals surface area contributed by atoms with Crippen molar-refractivity contribution in [3.63, 3.8) is 0 Å². The maximum Gasteiger partial charge on any atom is 0.0467 e. The molecule has 0 aliphatic heterocycles. The van der Waals surface area contributed by atoms with E-state index in [0.29, 0.717) is 0 Å². The van der Waals surface area contributed by atoms with Crippen LogP contribution in [0.3, 0.4) is 0 Å². The molecule has 0 aromatic heterocycles. The summed E-state index contributed by atoms with van der Waals surface area (Å²) in [5.74, 6) is 0. The van der Waals surface area contributed by atoms with E-state index < -0.39 is 0 Å². The Morgan fingerprint density at radius 2 is 0.551 bits per heavy atom. The molecule has 0 unspecified atom stereocenters. The molecule has 0 bridgehead atoms. The fraction of sp³-hybridized carbons (Fsp3) is 0. The number of hydrogen-bond donors (Lipinski definition) is 0. The molecule has 0 saturated heterocycles. The first-order chi connectivity index (χ1) is 34.2. The van der Waals surface area contributed by atoms with E-state index in [2.05, 4.69) is 290 Å². The molecular weight excluding hydrogens is 831 g/mol. The quantitative estimate of drug-likeness (QED) is 0.124. The summed E-state index contributed by atoms with van der Waals surface area (Å²) in [5, 5.41) is 4.98. The van der Waals surface area contributed by atoms with Crippen LogP contribution in [0.4, 0.5) is 17.1 Å². The molecular formula is C68H47N. The van der Waals surface area contributed by atoms with Crippen LogP contribution in [0, 0.1) is 0 Å². The molecule has 0 heterocycles. The Labute approximate surface area is 404 Å². The predicted octanol–water partition coefficient (Wildman–Crippen LogP) is 19.1. The third-order valence-corrected chi connectivity index (χ3v) is 13.4. The van der Waals surface area contributed by atoms with E-state index >= 15 is 0 Å². The third kappa shape index (κ3) is 8.07. The van der Waals surface area contributed by atoms with E-state index in [-0.39, 0.29) is 0 Å². The van der Waals surface area contributed by atoms with Gasteiger partial charge in [0.05, 0.1) is 0 Å². The van der Waals surface area contributed by atoms with Gasteiger partial charge < -0.3 is 4.90 Å². The zero-order valence-electron chi connectivity index (χ0n) is 38.1. The lowest BCUT2D eigenvalue weighted by Crippen LogP contribution is -2.10. The fourth-order valence-corrected chi connectivity index (χ4v) is 10.2.